The molecule has 0 saturated carbocycles. The van der Waals surface area contributed by atoms with Crippen molar-refractivity contribution in [2.45, 2.75) is 37.6 Å². The van der Waals surface area contributed by atoms with Crippen molar-refractivity contribution < 1.29 is 9.53 Å². The topological polar surface area (TPSA) is 45.7 Å². The average Bonchev–Trinajstić information content (AvgIpc) is 2.98. The first-order chi connectivity index (χ1) is 11.2. The zero-order chi connectivity index (χ0) is 16.1. The number of hydrogen-bond donors (Lipinski definition) is 0. The Labute approximate surface area is 138 Å². The van der Waals surface area contributed by atoms with Gasteiger partial charge in [0.1, 0.15) is 5.69 Å². The van der Waals surface area contributed by atoms with Crippen molar-refractivity contribution in [1.82, 2.24) is 14.8 Å². The smallest absolute Gasteiger partial charge is 0.272 e. The second-order valence-corrected chi connectivity index (χ2v) is 6.67. The number of pyridine rings is 1. The van der Waals surface area contributed by atoms with E-state index in [1.807, 2.05) is 17.0 Å². The molecule has 1 aromatic heterocycles. The zero-order valence-electron chi connectivity index (χ0n) is 14.0. The van der Waals surface area contributed by atoms with E-state index in [0.717, 1.165) is 45.5 Å². The summed E-state index contributed by atoms with van der Waals surface area (Å²) in [6, 6.07) is 5.53. The number of rotatable bonds is 5. The summed E-state index contributed by atoms with van der Waals surface area (Å²) in [5.74, 6) is 0.0735. The molecule has 3 rings (SSSR count). The molecular formula is C18H27N3O2. The Morgan fingerprint density at radius 3 is 2.78 bits per heavy atom. The molecular weight excluding hydrogens is 290 g/mol. The number of likely N-dealkylation sites (tertiary alicyclic amines) is 2. The van der Waals surface area contributed by atoms with Crippen molar-refractivity contribution >= 4 is 5.91 Å². The molecule has 0 bridgehead atoms. The van der Waals surface area contributed by atoms with Crippen LogP contribution >= 0.6 is 0 Å². The lowest BCUT2D eigenvalue weighted by Gasteiger charge is -2.45. The van der Waals surface area contributed by atoms with E-state index in [0.29, 0.717) is 11.2 Å². The van der Waals surface area contributed by atoms with Crippen LogP contribution in [0.3, 0.4) is 0 Å². The van der Waals surface area contributed by atoms with Crippen molar-refractivity contribution in [1.29, 1.82) is 0 Å². The number of carbonyl (C=O) groups excluding carboxylic acids is 1. The Bertz CT molecular complexity index is 512. The van der Waals surface area contributed by atoms with Crippen LogP contribution in [0, 0.1) is 0 Å². The van der Waals surface area contributed by atoms with Crippen molar-refractivity contribution in [3.8, 4) is 0 Å². The Morgan fingerprint density at radius 1 is 1.26 bits per heavy atom. The number of amides is 1. The molecule has 0 aromatic carbocycles. The van der Waals surface area contributed by atoms with Crippen molar-refractivity contribution in [2.75, 3.05) is 39.9 Å². The minimum atomic E-state index is 0.0735. The summed E-state index contributed by atoms with van der Waals surface area (Å²) in [5.41, 5.74) is 0.876. The fourth-order valence-electron chi connectivity index (χ4n) is 4.09. The van der Waals surface area contributed by atoms with E-state index < -0.39 is 0 Å². The molecule has 2 fully saturated rings. The third kappa shape index (κ3) is 3.56. The summed E-state index contributed by atoms with van der Waals surface area (Å²) in [7, 11) is 1.77. The first kappa shape index (κ1) is 16.4. The molecule has 3 heterocycles. The zero-order valence-corrected chi connectivity index (χ0v) is 14.0. The maximum atomic E-state index is 12.5. The quantitative estimate of drug-likeness (QED) is 0.781. The Hall–Kier alpha value is -1.46. The predicted molar refractivity (Wildman–Crippen MR) is 89.4 cm³/mol. The molecule has 2 aliphatic rings. The molecule has 2 aliphatic heterocycles. The van der Waals surface area contributed by atoms with Crippen LogP contribution in [0.1, 0.15) is 42.6 Å². The van der Waals surface area contributed by atoms with Gasteiger partial charge in [-0.3, -0.25) is 14.7 Å². The van der Waals surface area contributed by atoms with Crippen molar-refractivity contribution in [3.05, 3.63) is 30.1 Å². The standard InChI is InChI=1S/C18H27N3O2/c1-23-15-5-12-21-11-4-7-18(21)8-13-20(14-9-18)17(22)16-6-2-3-10-19-16/h2-3,6,10H,4-5,7-9,11-15H2,1H3. The monoisotopic (exact) mass is 317 g/mol. The number of ether oxygens (including phenoxy) is 1. The number of nitrogens with zero attached hydrogens (tertiary/aromatic N) is 3. The second-order valence-electron chi connectivity index (χ2n) is 6.67. The fraction of sp³-hybridized carbons (Fsp3) is 0.667. The summed E-state index contributed by atoms with van der Waals surface area (Å²) in [6.07, 6.45) is 7.49. The highest BCUT2D eigenvalue weighted by molar-refractivity contribution is 5.92. The van der Waals surface area contributed by atoms with Gasteiger partial charge in [0.25, 0.3) is 5.91 Å². The third-order valence-corrected chi connectivity index (χ3v) is 5.38. The first-order valence-corrected chi connectivity index (χ1v) is 8.69. The summed E-state index contributed by atoms with van der Waals surface area (Å²) in [6.45, 7) is 4.82. The molecule has 23 heavy (non-hydrogen) atoms. The number of piperidine rings is 1. The summed E-state index contributed by atoms with van der Waals surface area (Å²) in [4.78, 5) is 21.3. The Balaban J connectivity index is 1.58. The van der Waals surface area contributed by atoms with E-state index in [-0.39, 0.29) is 5.91 Å². The maximum Gasteiger partial charge on any atom is 0.272 e. The van der Waals surface area contributed by atoms with E-state index in [2.05, 4.69) is 9.88 Å². The molecule has 0 aliphatic carbocycles. The molecule has 1 amide bonds. The molecule has 0 atom stereocenters. The summed E-state index contributed by atoms with van der Waals surface area (Å²) >= 11 is 0. The number of carbonyl (C=O) groups is 1. The lowest BCUT2D eigenvalue weighted by molar-refractivity contribution is 0.0379. The molecule has 0 radical (unpaired) electrons. The number of methoxy groups -OCH3 is 1. The maximum absolute atomic E-state index is 12.5. The van der Waals surface area contributed by atoms with Gasteiger partial charge in [-0.1, -0.05) is 6.07 Å². The Kier molecular flexibility index (Phi) is 5.28. The van der Waals surface area contributed by atoms with Crippen LogP contribution in [0.4, 0.5) is 0 Å². The van der Waals surface area contributed by atoms with Crippen LogP contribution in [-0.4, -0.2) is 66.1 Å². The van der Waals surface area contributed by atoms with Gasteiger partial charge < -0.3 is 9.64 Å². The molecule has 5 heteroatoms. The lowest BCUT2D eigenvalue weighted by atomic mass is 9.84. The first-order valence-electron chi connectivity index (χ1n) is 8.69. The number of hydrogen-bond acceptors (Lipinski definition) is 4. The van der Waals surface area contributed by atoms with Crippen LogP contribution in [0.15, 0.2) is 24.4 Å². The van der Waals surface area contributed by atoms with Gasteiger partial charge in [-0.15, -0.1) is 0 Å². The van der Waals surface area contributed by atoms with Crippen molar-refractivity contribution in [3.63, 3.8) is 0 Å². The van der Waals surface area contributed by atoms with E-state index in [1.165, 1.54) is 19.4 Å². The highest BCUT2D eigenvalue weighted by Gasteiger charge is 2.43. The van der Waals surface area contributed by atoms with Gasteiger partial charge in [0, 0.05) is 45.1 Å². The van der Waals surface area contributed by atoms with E-state index >= 15 is 0 Å². The van der Waals surface area contributed by atoms with Crippen LogP contribution in [0.2, 0.25) is 0 Å². The van der Waals surface area contributed by atoms with Crippen LogP contribution in [0.25, 0.3) is 0 Å². The molecule has 1 spiro atoms. The van der Waals surface area contributed by atoms with Gasteiger partial charge in [0.15, 0.2) is 0 Å². The van der Waals surface area contributed by atoms with Crippen LogP contribution in [-0.2, 0) is 4.74 Å². The van der Waals surface area contributed by atoms with E-state index in [1.54, 1.807) is 19.4 Å². The predicted octanol–water partition coefficient (Wildman–Crippen LogP) is 2.19. The van der Waals surface area contributed by atoms with Gasteiger partial charge >= 0.3 is 0 Å². The largest absolute Gasteiger partial charge is 0.385 e. The minimum Gasteiger partial charge on any atom is -0.385 e. The third-order valence-electron chi connectivity index (χ3n) is 5.38. The van der Waals surface area contributed by atoms with Gasteiger partial charge in [-0.25, -0.2) is 0 Å². The van der Waals surface area contributed by atoms with Crippen LogP contribution < -0.4 is 0 Å². The minimum absolute atomic E-state index is 0.0735. The molecule has 2 saturated heterocycles. The fourth-order valence-corrected chi connectivity index (χ4v) is 4.09. The van der Waals surface area contributed by atoms with Crippen LogP contribution in [0.5, 0.6) is 0 Å². The molecule has 0 unspecified atom stereocenters. The average molecular weight is 317 g/mol. The molecule has 126 valence electrons. The highest BCUT2D eigenvalue weighted by atomic mass is 16.5. The molecule has 0 N–H and O–H groups in total. The van der Waals surface area contributed by atoms with Gasteiger partial charge in [-0.2, -0.15) is 0 Å². The highest BCUT2D eigenvalue weighted by Crippen LogP contribution is 2.38. The summed E-state index contributed by atoms with van der Waals surface area (Å²) in [5, 5.41) is 0. The van der Waals surface area contributed by atoms with Gasteiger partial charge in [-0.05, 0) is 50.8 Å². The van der Waals surface area contributed by atoms with E-state index in [9.17, 15) is 4.79 Å². The van der Waals surface area contributed by atoms with E-state index in [4.69, 9.17) is 4.74 Å². The summed E-state index contributed by atoms with van der Waals surface area (Å²) < 4.78 is 5.19. The Morgan fingerprint density at radius 2 is 2.09 bits per heavy atom. The normalized spacial score (nSPS) is 21.0. The SMILES string of the molecule is COCCCN1CCCC12CCN(C(=O)c1ccccn1)CC2. The lowest BCUT2D eigenvalue weighted by Crippen LogP contribution is -2.53. The molecule has 5 nitrogen and oxygen atoms in total. The molecule has 1 aromatic rings. The van der Waals surface area contributed by atoms with Gasteiger partial charge in [0.05, 0.1) is 0 Å². The number of aromatic nitrogens is 1. The van der Waals surface area contributed by atoms with Gasteiger partial charge in [0.2, 0.25) is 0 Å². The second kappa shape index (κ2) is 7.41. The van der Waals surface area contributed by atoms with Crippen molar-refractivity contribution in [2.24, 2.45) is 0 Å².